The first kappa shape index (κ1) is 18.3. The molecule has 1 aliphatic heterocycles. The highest BCUT2D eigenvalue weighted by Crippen LogP contribution is 2.43. The topological polar surface area (TPSA) is 23.5 Å². The molecule has 4 aromatic rings. The fraction of sp³-hybridized carbons (Fsp3) is 0.154. The zero-order valence-corrected chi connectivity index (χ0v) is 16.3. The molecule has 0 saturated heterocycles. The van der Waals surface area contributed by atoms with Crippen LogP contribution in [0.1, 0.15) is 19.4 Å². The number of hydrogen-bond donors (Lipinski definition) is 1. The van der Waals surface area contributed by atoms with Crippen molar-refractivity contribution in [3.63, 3.8) is 0 Å². The third-order valence-corrected chi connectivity index (χ3v) is 5.31. The first-order chi connectivity index (χ1) is 13.6. The number of anilines is 1. The second-order valence-corrected chi connectivity index (χ2v) is 7.86. The molecule has 0 atom stereocenters. The van der Waals surface area contributed by atoms with Gasteiger partial charge in [-0.3, -0.25) is 10.3 Å². The van der Waals surface area contributed by atoms with E-state index in [1.165, 1.54) is 27.1 Å². The van der Waals surface area contributed by atoms with Gasteiger partial charge < -0.3 is 0 Å². The molecular formula is C26H25NO. The Morgan fingerprint density at radius 1 is 0.679 bits per heavy atom. The molecular weight excluding hydrogens is 342 g/mol. The second kappa shape index (κ2) is 7.49. The number of rotatable bonds is 1. The van der Waals surface area contributed by atoms with Crippen molar-refractivity contribution < 1.29 is 5.21 Å². The first-order valence-corrected chi connectivity index (χ1v) is 9.65. The van der Waals surface area contributed by atoms with Gasteiger partial charge in [0.2, 0.25) is 0 Å². The summed E-state index contributed by atoms with van der Waals surface area (Å²) >= 11 is 0. The summed E-state index contributed by atoms with van der Waals surface area (Å²) in [6.45, 7) is 4.99. The van der Waals surface area contributed by atoms with Crippen LogP contribution in [-0.2, 0) is 5.41 Å². The first-order valence-electron chi connectivity index (χ1n) is 9.65. The molecule has 4 aromatic carbocycles. The number of nitrogens with zero attached hydrogens (tertiary/aromatic N) is 1. The number of fused-ring (bicyclic) bond motifs is 3. The summed E-state index contributed by atoms with van der Waals surface area (Å²) < 4.78 is 0. The second-order valence-electron chi connectivity index (χ2n) is 7.86. The third-order valence-electron chi connectivity index (χ3n) is 5.31. The van der Waals surface area contributed by atoms with Crippen molar-refractivity contribution in [3.05, 3.63) is 103 Å². The molecule has 0 aromatic heterocycles. The van der Waals surface area contributed by atoms with Crippen LogP contribution >= 0.6 is 0 Å². The standard InChI is InChI=1S/C14H15NO.C12H10/c1-14(2)9-15(16)13-11-6-4-3-5-10(11)7-8-12(13)14;1-3-7-11(8-4-1)12-9-5-2-6-10-12/h3-8,16H,9H2,1-2H3;1-10H. The molecule has 0 unspecified atom stereocenters. The molecule has 140 valence electrons. The van der Waals surface area contributed by atoms with Gasteiger partial charge in [0, 0.05) is 10.8 Å². The lowest BCUT2D eigenvalue weighted by Crippen LogP contribution is -2.25. The molecule has 5 rings (SSSR count). The van der Waals surface area contributed by atoms with Crippen LogP contribution in [0.3, 0.4) is 0 Å². The lowest BCUT2D eigenvalue weighted by molar-refractivity contribution is 0.248. The van der Waals surface area contributed by atoms with Crippen LogP contribution in [0, 0.1) is 0 Å². The molecule has 28 heavy (non-hydrogen) atoms. The Balaban J connectivity index is 0.000000143. The van der Waals surface area contributed by atoms with E-state index in [-0.39, 0.29) is 5.41 Å². The van der Waals surface area contributed by atoms with Crippen LogP contribution in [0.5, 0.6) is 0 Å². The quantitative estimate of drug-likeness (QED) is 0.405. The maximum atomic E-state index is 10.0. The molecule has 2 nitrogen and oxygen atoms in total. The van der Waals surface area contributed by atoms with Gasteiger partial charge in [0.05, 0.1) is 12.2 Å². The van der Waals surface area contributed by atoms with E-state index in [4.69, 9.17) is 0 Å². The summed E-state index contributed by atoms with van der Waals surface area (Å²) in [6.07, 6.45) is 0. The number of hydrogen-bond acceptors (Lipinski definition) is 2. The smallest absolute Gasteiger partial charge is 0.0750 e. The van der Waals surface area contributed by atoms with Gasteiger partial charge in [0.15, 0.2) is 0 Å². The fourth-order valence-electron chi connectivity index (χ4n) is 3.88. The molecule has 1 heterocycles. The molecule has 0 radical (unpaired) electrons. The van der Waals surface area contributed by atoms with Crippen molar-refractivity contribution in [2.24, 2.45) is 0 Å². The Bertz CT molecular complexity index is 1030. The SMILES string of the molecule is CC1(C)CN(O)c2c1ccc1ccccc21.c1ccc(-c2ccccc2)cc1. The largest absolute Gasteiger partial charge is 0.288 e. The molecule has 1 aliphatic rings. The number of benzene rings is 4. The van der Waals surface area contributed by atoms with E-state index in [0.29, 0.717) is 6.54 Å². The monoisotopic (exact) mass is 367 g/mol. The predicted octanol–water partition coefficient (Wildman–Crippen LogP) is 6.68. The van der Waals surface area contributed by atoms with E-state index < -0.39 is 0 Å². The summed E-state index contributed by atoms with van der Waals surface area (Å²) in [6, 6.07) is 33.2. The molecule has 0 saturated carbocycles. The summed E-state index contributed by atoms with van der Waals surface area (Å²) in [7, 11) is 0. The van der Waals surface area contributed by atoms with Crippen molar-refractivity contribution in [1.82, 2.24) is 0 Å². The van der Waals surface area contributed by atoms with Gasteiger partial charge in [-0.15, -0.1) is 0 Å². The Morgan fingerprint density at radius 3 is 1.82 bits per heavy atom. The van der Waals surface area contributed by atoms with Gasteiger partial charge in [0.1, 0.15) is 0 Å². The van der Waals surface area contributed by atoms with E-state index in [2.05, 4.69) is 86.6 Å². The molecule has 0 amide bonds. The van der Waals surface area contributed by atoms with Crippen molar-refractivity contribution in [3.8, 4) is 11.1 Å². The minimum Gasteiger partial charge on any atom is -0.288 e. The van der Waals surface area contributed by atoms with Crippen LogP contribution in [-0.4, -0.2) is 11.8 Å². The van der Waals surface area contributed by atoms with Crippen molar-refractivity contribution in [2.45, 2.75) is 19.3 Å². The van der Waals surface area contributed by atoms with Crippen molar-refractivity contribution in [1.29, 1.82) is 0 Å². The fourth-order valence-corrected chi connectivity index (χ4v) is 3.88. The van der Waals surface area contributed by atoms with E-state index in [0.717, 1.165) is 11.1 Å². The highest BCUT2D eigenvalue weighted by atomic mass is 16.5. The van der Waals surface area contributed by atoms with Gasteiger partial charge in [-0.05, 0) is 22.1 Å². The Hall–Kier alpha value is -3.10. The zero-order valence-electron chi connectivity index (χ0n) is 16.3. The maximum Gasteiger partial charge on any atom is 0.0750 e. The Morgan fingerprint density at radius 2 is 1.21 bits per heavy atom. The summed E-state index contributed by atoms with van der Waals surface area (Å²) in [4.78, 5) is 0. The molecule has 0 spiro atoms. The summed E-state index contributed by atoms with van der Waals surface area (Å²) in [5, 5.41) is 13.7. The highest BCUT2D eigenvalue weighted by molar-refractivity contribution is 5.97. The molecule has 0 fully saturated rings. The lowest BCUT2D eigenvalue weighted by Gasteiger charge is -2.17. The average molecular weight is 367 g/mol. The van der Waals surface area contributed by atoms with Crippen LogP contribution < -0.4 is 5.06 Å². The average Bonchev–Trinajstić information content (AvgIpc) is 2.98. The minimum absolute atomic E-state index is 0.0219. The molecule has 0 bridgehead atoms. The van der Waals surface area contributed by atoms with Gasteiger partial charge in [-0.25, -0.2) is 0 Å². The third kappa shape index (κ3) is 3.51. The van der Waals surface area contributed by atoms with Crippen molar-refractivity contribution in [2.75, 3.05) is 11.6 Å². The molecule has 1 N–H and O–H groups in total. The summed E-state index contributed by atoms with van der Waals surface area (Å²) in [5.74, 6) is 0. The maximum absolute atomic E-state index is 10.0. The van der Waals surface area contributed by atoms with Gasteiger partial charge in [-0.1, -0.05) is 111 Å². The van der Waals surface area contributed by atoms with Gasteiger partial charge in [-0.2, -0.15) is 0 Å². The van der Waals surface area contributed by atoms with Crippen LogP contribution in [0.2, 0.25) is 0 Å². The van der Waals surface area contributed by atoms with E-state index in [1.807, 2.05) is 24.3 Å². The Kier molecular flexibility index (Phi) is 4.89. The lowest BCUT2D eigenvalue weighted by atomic mass is 9.86. The molecule has 0 aliphatic carbocycles. The van der Waals surface area contributed by atoms with Gasteiger partial charge >= 0.3 is 0 Å². The van der Waals surface area contributed by atoms with Crippen LogP contribution in [0.25, 0.3) is 21.9 Å². The van der Waals surface area contributed by atoms with Gasteiger partial charge in [0.25, 0.3) is 0 Å². The number of hydroxylamine groups is 1. The van der Waals surface area contributed by atoms with Crippen molar-refractivity contribution >= 4 is 16.5 Å². The highest BCUT2D eigenvalue weighted by Gasteiger charge is 2.35. The minimum atomic E-state index is 0.0219. The van der Waals surface area contributed by atoms with E-state index in [1.54, 1.807) is 0 Å². The Labute approximate surface area is 166 Å². The van der Waals surface area contributed by atoms with Crippen LogP contribution in [0.4, 0.5) is 5.69 Å². The summed E-state index contributed by atoms with van der Waals surface area (Å²) in [5.41, 5.74) is 4.78. The zero-order chi connectivity index (χ0) is 19.6. The predicted molar refractivity (Wildman–Crippen MR) is 118 cm³/mol. The van der Waals surface area contributed by atoms with E-state index >= 15 is 0 Å². The van der Waals surface area contributed by atoms with Crippen LogP contribution in [0.15, 0.2) is 97.1 Å². The normalized spacial score (nSPS) is 14.3. The molecule has 2 heteroatoms. The van der Waals surface area contributed by atoms with E-state index in [9.17, 15) is 5.21 Å².